The van der Waals surface area contributed by atoms with Crippen molar-refractivity contribution in [2.75, 3.05) is 0 Å². The number of hydrogen-bond donors (Lipinski definition) is 2. The number of rotatable bonds is 4. The zero-order valence-electron chi connectivity index (χ0n) is 14.2. The molecule has 2 N–H and O–H groups in total. The van der Waals surface area contributed by atoms with Crippen LogP contribution in [0.1, 0.15) is 16.1 Å². The van der Waals surface area contributed by atoms with Crippen LogP contribution in [0, 0.1) is 11.6 Å². The molecule has 0 aliphatic rings. The number of halogens is 3. The van der Waals surface area contributed by atoms with E-state index in [2.05, 4.69) is 15.8 Å². The third-order valence-electron chi connectivity index (χ3n) is 3.65. The summed E-state index contributed by atoms with van der Waals surface area (Å²) in [6.07, 6.45) is 5.26. The zero-order valence-corrected chi connectivity index (χ0v) is 15.0. The van der Waals surface area contributed by atoms with Gasteiger partial charge in [0.15, 0.2) is 0 Å². The Balaban J connectivity index is 1.62. The van der Waals surface area contributed by atoms with Gasteiger partial charge in [0.05, 0.1) is 17.5 Å². The highest BCUT2D eigenvalue weighted by Crippen LogP contribution is 2.16. The molecule has 0 saturated heterocycles. The van der Waals surface area contributed by atoms with Crippen LogP contribution in [0.5, 0.6) is 0 Å². The molecule has 142 valence electrons. The van der Waals surface area contributed by atoms with Crippen LogP contribution >= 0.6 is 11.6 Å². The summed E-state index contributed by atoms with van der Waals surface area (Å²) in [5.41, 5.74) is 5.66. The second kappa shape index (κ2) is 8.45. The van der Waals surface area contributed by atoms with E-state index in [1.807, 2.05) is 0 Å². The maximum Gasteiger partial charge on any atom is 0.288 e. The number of carbonyl (C=O) groups is 2. The maximum absolute atomic E-state index is 13.1. The van der Waals surface area contributed by atoms with E-state index in [1.54, 1.807) is 0 Å². The SMILES string of the molecule is O=C(/C=C/c1ccc(F)c(Cl)c1)NNC(=O)c1cncn1-c1ccc(F)cc1. The lowest BCUT2D eigenvalue weighted by molar-refractivity contribution is -0.117. The molecule has 1 aromatic heterocycles. The van der Waals surface area contributed by atoms with Crippen LogP contribution in [0.25, 0.3) is 11.8 Å². The largest absolute Gasteiger partial charge is 0.295 e. The molecule has 0 aliphatic carbocycles. The number of nitrogens with one attached hydrogen (secondary N) is 2. The molecule has 6 nitrogen and oxygen atoms in total. The third kappa shape index (κ3) is 4.60. The fourth-order valence-corrected chi connectivity index (χ4v) is 2.47. The Labute approximate surface area is 163 Å². The van der Waals surface area contributed by atoms with Crippen LogP contribution in [0.2, 0.25) is 5.02 Å². The molecular formula is C19H13ClF2N4O2. The van der Waals surface area contributed by atoms with Crippen molar-refractivity contribution in [3.05, 3.63) is 89.0 Å². The predicted octanol–water partition coefficient (Wildman–Crippen LogP) is 3.28. The van der Waals surface area contributed by atoms with Gasteiger partial charge in [0.1, 0.15) is 17.3 Å². The summed E-state index contributed by atoms with van der Waals surface area (Å²) in [4.78, 5) is 28.0. The van der Waals surface area contributed by atoms with E-state index in [0.29, 0.717) is 11.3 Å². The van der Waals surface area contributed by atoms with Gasteiger partial charge in [-0.25, -0.2) is 13.8 Å². The Bertz CT molecular complexity index is 1050. The summed E-state index contributed by atoms with van der Waals surface area (Å²) in [5, 5.41) is -0.0649. The van der Waals surface area contributed by atoms with Gasteiger partial charge < -0.3 is 0 Å². The molecule has 0 radical (unpaired) electrons. The summed E-state index contributed by atoms with van der Waals surface area (Å²) in [7, 11) is 0. The number of hydrazine groups is 1. The average Bonchev–Trinajstić information content (AvgIpc) is 3.17. The van der Waals surface area contributed by atoms with Gasteiger partial charge in [0, 0.05) is 11.8 Å². The van der Waals surface area contributed by atoms with Gasteiger partial charge in [-0.15, -0.1) is 0 Å². The van der Waals surface area contributed by atoms with E-state index in [-0.39, 0.29) is 10.7 Å². The van der Waals surface area contributed by atoms with Crippen molar-refractivity contribution >= 4 is 29.5 Å². The standard InChI is InChI=1S/C19H13ClF2N4O2/c20-15-9-12(1-7-16(15)22)2-8-18(27)24-25-19(28)17-10-23-11-26(17)14-5-3-13(21)4-6-14/h1-11H,(H,24,27)(H,25,28)/b8-2+. The molecule has 0 unspecified atom stereocenters. The van der Waals surface area contributed by atoms with E-state index in [0.717, 1.165) is 6.08 Å². The topological polar surface area (TPSA) is 76.0 Å². The van der Waals surface area contributed by atoms with Crippen LogP contribution in [-0.4, -0.2) is 21.4 Å². The monoisotopic (exact) mass is 402 g/mol. The Hall–Kier alpha value is -3.52. The van der Waals surface area contributed by atoms with E-state index in [1.165, 1.54) is 65.6 Å². The number of carbonyl (C=O) groups excluding carboxylic acids is 2. The third-order valence-corrected chi connectivity index (χ3v) is 3.94. The van der Waals surface area contributed by atoms with Crippen molar-refractivity contribution < 1.29 is 18.4 Å². The Morgan fingerprint density at radius 2 is 1.82 bits per heavy atom. The summed E-state index contributed by atoms with van der Waals surface area (Å²) < 4.78 is 27.6. The first-order valence-electron chi connectivity index (χ1n) is 7.96. The minimum Gasteiger partial charge on any atom is -0.295 e. The van der Waals surface area contributed by atoms with E-state index in [9.17, 15) is 18.4 Å². The number of amides is 2. The van der Waals surface area contributed by atoms with Crippen LogP contribution in [0.4, 0.5) is 8.78 Å². The number of benzene rings is 2. The Kier molecular flexibility index (Phi) is 5.81. The minimum absolute atomic E-state index is 0.0649. The minimum atomic E-state index is -0.617. The normalized spacial score (nSPS) is 10.8. The lowest BCUT2D eigenvalue weighted by Crippen LogP contribution is -2.41. The number of hydrogen-bond acceptors (Lipinski definition) is 3. The number of imidazole rings is 1. The molecule has 0 saturated carbocycles. The fourth-order valence-electron chi connectivity index (χ4n) is 2.28. The van der Waals surface area contributed by atoms with E-state index < -0.39 is 23.4 Å². The van der Waals surface area contributed by atoms with Crippen molar-refractivity contribution in [3.63, 3.8) is 0 Å². The summed E-state index contributed by atoms with van der Waals surface area (Å²) >= 11 is 5.67. The van der Waals surface area contributed by atoms with Crippen molar-refractivity contribution in [1.29, 1.82) is 0 Å². The maximum atomic E-state index is 13.1. The molecule has 3 aromatic rings. The first kappa shape index (κ1) is 19.2. The molecule has 0 bridgehead atoms. The molecule has 2 amide bonds. The van der Waals surface area contributed by atoms with Crippen LogP contribution in [0.15, 0.2) is 61.1 Å². The molecule has 0 aliphatic heterocycles. The van der Waals surface area contributed by atoms with E-state index >= 15 is 0 Å². The quantitative estimate of drug-likeness (QED) is 0.519. The second-order valence-electron chi connectivity index (χ2n) is 5.58. The predicted molar refractivity (Wildman–Crippen MR) is 99.6 cm³/mol. The van der Waals surface area contributed by atoms with Gasteiger partial charge in [-0.1, -0.05) is 17.7 Å². The van der Waals surface area contributed by atoms with Gasteiger partial charge in [-0.2, -0.15) is 0 Å². The van der Waals surface area contributed by atoms with Gasteiger partial charge in [0.25, 0.3) is 11.8 Å². The summed E-state index contributed by atoms with van der Waals surface area (Å²) in [6, 6.07) is 9.48. The van der Waals surface area contributed by atoms with Gasteiger partial charge in [-0.05, 0) is 48.0 Å². The molecule has 0 fully saturated rings. The first-order valence-corrected chi connectivity index (χ1v) is 8.33. The number of nitrogens with zero attached hydrogens (tertiary/aromatic N) is 2. The zero-order chi connectivity index (χ0) is 20.1. The van der Waals surface area contributed by atoms with Crippen LogP contribution < -0.4 is 10.9 Å². The van der Waals surface area contributed by atoms with Gasteiger partial charge in [-0.3, -0.25) is 25.0 Å². The number of aromatic nitrogens is 2. The molecular weight excluding hydrogens is 390 g/mol. The van der Waals surface area contributed by atoms with Crippen molar-refractivity contribution in [3.8, 4) is 5.69 Å². The lowest BCUT2D eigenvalue weighted by atomic mass is 10.2. The Morgan fingerprint density at radius 1 is 1.07 bits per heavy atom. The fraction of sp³-hybridized carbons (Fsp3) is 0. The van der Waals surface area contributed by atoms with Crippen LogP contribution in [0.3, 0.4) is 0 Å². The average molecular weight is 403 g/mol. The highest BCUT2D eigenvalue weighted by atomic mass is 35.5. The van der Waals surface area contributed by atoms with Crippen molar-refractivity contribution in [2.45, 2.75) is 0 Å². The Morgan fingerprint density at radius 3 is 2.54 bits per heavy atom. The lowest BCUT2D eigenvalue weighted by Gasteiger charge is -2.09. The highest BCUT2D eigenvalue weighted by molar-refractivity contribution is 6.30. The molecule has 1 heterocycles. The molecule has 28 heavy (non-hydrogen) atoms. The first-order chi connectivity index (χ1) is 13.4. The molecule has 2 aromatic carbocycles. The van der Waals surface area contributed by atoms with Gasteiger partial charge >= 0.3 is 0 Å². The molecule has 3 rings (SSSR count). The summed E-state index contributed by atoms with van der Waals surface area (Å²) in [5.74, 6) is -2.19. The van der Waals surface area contributed by atoms with Gasteiger partial charge in [0.2, 0.25) is 0 Å². The molecule has 0 spiro atoms. The molecule has 0 atom stereocenters. The van der Waals surface area contributed by atoms with Crippen molar-refractivity contribution in [1.82, 2.24) is 20.4 Å². The van der Waals surface area contributed by atoms with E-state index in [4.69, 9.17) is 11.6 Å². The second-order valence-corrected chi connectivity index (χ2v) is 5.98. The molecule has 9 heteroatoms. The van der Waals surface area contributed by atoms with Crippen LogP contribution in [-0.2, 0) is 4.79 Å². The summed E-state index contributed by atoms with van der Waals surface area (Å²) in [6.45, 7) is 0. The highest BCUT2D eigenvalue weighted by Gasteiger charge is 2.13. The smallest absolute Gasteiger partial charge is 0.288 e. The van der Waals surface area contributed by atoms with Crippen molar-refractivity contribution in [2.24, 2.45) is 0 Å².